The van der Waals surface area contributed by atoms with E-state index in [4.69, 9.17) is 15.5 Å². The lowest BCUT2D eigenvalue weighted by Gasteiger charge is -2.33. The monoisotopic (exact) mass is 656 g/mol. The molecule has 49 heavy (non-hydrogen) atoms. The Kier molecular flexibility index (Phi) is 10.5. The Morgan fingerprint density at radius 2 is 1.61 bits per heavy atom. The minimum Gasteiger partial charge on any atom is -0.497 e. The molecule has 1 aliphatic carbocycles. The molecule has 0 aromatic heterocycles. The lowest BCUT2D eigenvalue weighted by atomic mass is 9.74. The van der Waals surface area contributed by atoms with Crippen LogP contribution in [0.3, 0.4) is 0 Å². The van der Waals surface area contributed by atoms with Gasteiger partial charge in [-0.25, -0.2) is 4.99 Å². The lowest BCUT2D eigenvalue weighted by molar-refractivity contribution is -0.136. The summed E-state index contributed by atoms with van der Waals surface area (Å²) in [5, 5.41) is 3.02. The molecule has 0 saturated heterocycles. The van der Waals surface area contributed by atoms with E-state index < -0.39 is 23.9 Å². The minimum atomic E-state index is -1.21. The van der Waals surface area contributed by atoms with Crippen LogP contribution in [0.4, 0.5) is 5.69 Å². The highest BCUT2D eigenvalue weighted by atomic mass is 16.5. The molecule has 6 rings (SSSR count). The third kappa shape index (κ3) is 7.59. The van der Waals surface area contributed by atoms with Crippen molar-refractivity contribution in [2.75, 3.05) is 12.0 Å². The number of rotatable bonds is 13. The molecular formula is C41H44N4O4. The number of para-hydroxylation sites is 1. The molecule has 1 unspecified atom stereocenters. The van der Waals surface area contributed by atoms with E-state index in [0.717, 1.165) is 59.3 Å². The normalized spacial score (nSPS) is 17.2. The number of amides is 3. The molecule has 8 nitrogen and oxygen atoms in total. The van der Waals surface area contributed by atoms with E-state index in [1.165, 1.54) is 0 Å². The molecule has 3 atom stereocenters. The van der Waals surface area contributed by atoms with Crippen molar-refractivity contribution in [3.05, 3.63) is 120 Å². The SMILES string of the molecule is CCC[C@H](C(N)=O)[C@@H](CC1CCC1)C(=O)NC1N=C(c2ccccc2)c2ccccc2N(Cc2cccc(-c3ccc(OC)cc3)c2)C1=O. The number of benzene rings is 4. The molecule has 0 bridgehead atoms. The number of methoxy groups -OCH3 is 1. The Labute approximate surface area is 288 Å². The number of anilines is 1. The van der Waals surface area contributed by atoms with Gasteiger partial charge in [0.25, 0.3) is 5.91 Å². The summed E-state index contributed by atoms with van der Waals surface area (Å²) >= 11 is 0. The van der Waals surface area contributed by atoms with E-state index in [1.807, 2.05) is 104 Å². The summed E-state index contributed by atoms with van der Waals surface area (Å²) in [6, 6.07) is 33.4. The molecule has 2 aliphatic rings. The van der Waals surface area contributed by atoms with E-state index in [2.05, 4.69) is 11.4 Å². The molecule has 252 valence electrons. The fraction of sp³-hybridized carbons (Fsp3) is 0.317. The maximum absolute atomic E-state index is 14.7. The number of carbonyl (C=O) groups is 3. The smallest absolute Gasteiger partial charge is 0.272 e. The van der Waals surface area contributed by atoms with Crippen LogP contribution < -0.4 is 20.7 Å². The van der Waals surface area contributed by atoms with Crippen molar-refractivity contribution >= 4 is 29.1 Å². The number of ether oxygens (including phenoxy) is 1. The summed E-state index contributed by atoms with van der Waals surface area (Å²) in [4.78, 5) is 48.3. The standard InChI is InChI=1S/C41H44N4O4/c1-3-11-33(38(42)46)35(25-27-12-9-13-27)40(47)44-39-41(48)45(26-28-14-10-17-31(24-28)29-20-22-32(49-2)23-21-29)36-19-8-7-18-34(36)37(43-39)30-15-5-4-6-16-30/h4-8,10,14-24,27,33,35,39H,3,9,11-13,25-26H2,1-2H3,(H2,42,46)(H,44,47)/t33-,35+,39?/m0/s1. The number of benzodiazepines with no additional fused rings is 1. The highest BCUT2D eigenvalue weighted by Crippen LogP contribution is 2.36. The van der Waals surface area contributed by atoms with Gasteiger partial charge in [0.15, 0.2) is 0 Å². The largest absolute Gasteiger partial charge is 0.497 e. The number of primary amides is 1. The lowest BCUT2D eigenvalue weighted by Crippen LogP contribution is -2.51. The second-order valence-corrected chi connectivity index (χ2v) is 13.1. The van der Waals surface area contributed by atoms with Gasteiger partial charge in [-0.15, -0.1) is 0 Å². The fourth-order valence-electron chi connectivity index (χ4n) is 6.96. The molecule has 1 fully saturated rings. The molecule has 0 radical (unpaired) electrons. The highest BCUT2D eigenvalue weighted by molar-refractivity contribution is 6.20. The zero-order chi connectivity index (χ0) is 34.3. The first-order chi connectivity index (χ1) is 23.9. The molecule has 8 heteroatoms. The second kappa shape index (κ2) is 15.3. The molecule has 1 aliphatic heterocycles. The molecule has 1 heterocycles. The molecule has 3 N–H and O–H groups in total. The predicted molar refractivity (Wildman–Crippen MR) is 193 cm³/mol. The van der Waals surface area contributed by atoms with Crippen LogP contribution in [0, 0.1) is 17.8 Å². The number of hydrogen-bond acceptors (Lipinski definition) is 5. The third-order valence-electron chi connectivity index (χ3n) is 9.82. The zero-order valence-electron chi connectivity index (χ0n) is 28.2. The first kappa shape index (κ1) is 33.7. The summed E-state index contributed by atoms with van der Waals surface area (Å²) in [5.74, 6) is -1.29. The number of hydrogen-bond donors (Lipinski definition) is 2. The summed E-state index contributed by atoms with van der Waals surface area (Å²) in [6.07, 6.45) is 3.76. The summed E-state index contributed by atoms with van der Waals surface area (Å²) in [6.45, 7) is 2.24. The van der Waals surface area contributed by atoms with E-state index in [9.17, 15) is 14.4 Å². The number of nitrogens with two attached hydrogens (primary N) is 1. The quantitative estimate of drug-likeness (QED) is 0.163. The average molecular weight is 657 g/mol. The van der Waals surface area contributed by atoms with Gasteiger partial charge < -0.3 is 20.7 Å². The number of aliphatic imine (C=N–C) groups is 1. The molecule has 4 aromatic carbocycles. The second-order valence-electron chi connectivity index (χ2n) is 13.1. The number of nitrogens with one attached hydrogen (secondary N) is 1. The van der Waals surface area contributed by atoms with Crippen LogP contribution in [-0.4, -0.2) is 36.7 Å². The van der Waals surface area contributed by atoms with E-state index in [0.29, 0.717) is 30.2 Å². The van der Waals surface area contributed by atoms with Gasteiger partial charge in [-0.2, -0.15) is 0 Å². The molecule has 1 saturated carbocycles. The number of nitrogens with zero attached hydrogens (tertiary/aromatic N) is 2. The summed E-state index contributed by atoms with van der Waals surface area (Å²) in [7, 11) is 1.64. The Balaban J connectivity index is 1.38. The van der Waals surface area contributed by atoms with Crippen LogP contribution in [-0.2, 0) is 20.9 Å². The Morgan fingerprint density at radius 1 is 0.898 bits per heavy atom. The topological polar surface area (TPSA) is 114 Å². The minimum absolute atomic E-state index is 0.259. The van der Waals surface area contributed by atoms with E-state index in [1.54, 1.807) is 12.0 Å². The van der Waals surface area contributed by atoms with Crippen LogP contribution >= 0.6 is 0 Å². The Hall–Kier alpha value is -5.24. The maximum Gasteiger partial charge on any atom is 0.272 e. The van der Waals surface area contributed by atoms with Gasteiger partial charge in [0.1, 0.15) is 5.75 Å². The van der Waals surface area contributed by atoms with Crippen LogP contribution in [0.1, 0.15) is 62.1 Å². The van der Waals surface area contributed by atoms with Gasteiger partial charge in [0.05, 0.1) is 25.1 Å². The Morgan fingerprint density at radius 3 is 2.29 bits per heavy atom. The number of fused-ring (bicyclic) bond motifs is 1. The van der Waals surface area contributed by atoms with Gasteiger partial charge in [-0.3, -0.25) is 14.4 Å². The highest BCUT2D eigenvalue weighted by Gasteiger charge is 2.39. The van der Waals surface area contributed by atoms with E-state index in [-0.39, 0.29) is 18.4 Å². The van der Waals surface area contributed by atoms with Crippen LogP contribution in [0.25, 0.3) is 11.1 Å². The van der Waals surface area contributed by atoms with Crippen molar-refractivity contribution in [3.63, 3.8) is 0 Å². The Bertz CT molecular complexity index is 1820. The van der Waals surface area contributed by atoms with Gasteiger partial charge in [-0.1, -0.05) is 111 Å². The van der Waals surface area contributed by atoms with Crippen LogP contribution in [0.5, 0.6) is 5.75 Å². The zero-order valence-corrected chi connectivity index (χ0v) is 28.2. The molecular weight excluding hydrogens is 612 g/mol. The molecule has 3 amide bonds. The maximum atomic E-state index is 14.7. The van der Waals surface area contributed by atoms with E-state index >= 15 is 0 Å². The van der Waals surface area contributed by atoms with Crippen molar-refractivity contribution in [2.24, 2.45) is 28.5 Å². The first-order valence-electron chi connectivity index (χ1n) is 17.2. The molecule has 4 aromatic rings. The van der Waals surface area contributed by atoms with Crippen molar-refractivity contribution in [3.8, 4) is 16.9 Å². The molecule has 0 spiro atoms. The van der Waals surface area contributed by atoms with Crippen LogP contribution in [0.2, 0.25) is 0 Å². The average Bonchev–Trinajstić information content (AvgIpc) is 3.22. The van der Waals surface area contributed by atoms with Gasteiger partial charge in [0, 0.05) is 23.0 Å². The summed E-state index contributed by atoms with van der Waals surface area (Å²) in [5.41, 5.74) is 11.8. The predicted octanol–water partition coefficient (Wildman–Crippen LogP) is 6.90. The number of carbonyl (C=O) groups excluding carboxylic acids is 3. The van der Waals surface area contributed by atoms with Crippen molar-refractivity contribution in [1.29, 1.82) is 0 Å². The van der Waals surface area contributed by atoms with Crippen LogP contribution in [0.15, 0.2) is 108 Å². The van der Waals surface area contributed by atoms with Gasteiger partial charge >= 0.3 is 0 Å². The van der Waals surface area contributed by atoms with Crippen molar-refractivity contribution in [1.82, 2.24) is 5.32 Å². The van der Waals surface area contributed by atoms with Gasteiger partial charge in [0.2, 0.25) is 18.0 Å². The van der Waals surface area contributed by atoms with Crippen molar-refractivity contribution in [2.45, 2.75) is 58.2 Å². The summed E-state index contributed by atoms with van der Waals surface area (Å²) < 4.78 is 5.34. The fourth-order valence-corrected chi connectivity index (χ4v) is 6.96. The third-order valence-corrected chi connectivity index (χ3v) is 9.82. The van der Waals surface area contributed by atoms with Crippen molar-refractivity contribution < 1.29 is 19.1 Å². The van der Waals surface area contributed by atoms with Gasteiger partial charge in [-0.05, 0) is 59.7 Å². The first-order valence-corrected chi connectivity index (χ1v) is 17.2.